The van der Waals surface area contributed by atoms with Crippen molar-refractivity contribution in [3.8, 4) is 11.1 Å². The number of hydrogen-bond donors (Lipinski definition) is 1. The monoisotopic (exact) mass is 337 g/mol. The van der Waals surface area contributed by atoms with Crippen LogP contribution in [0.15, 0.2) is 28.4 Å². The third kappa shape index (κ3) is 2.43. The second kappa shape index (κ2) is 5.46. The van der Waals surface area contributed by atoms with Crippen molar-refractivity contribution in [1.29, 1.82) is 0 Å². The summed E-state index contributed by atoms with van der Waals surface area (Å²) in [5.41, 5.74) is 7.58. The third-order valence-electron chi connectivity index (χ3n) is 3.35. The maximum atomic E-state index is 13.7. The minimum absolute atomic E-state index is 0.220. The van der Waals surface area contributed by atoms with Crippen LogP contribution in [-0.2, 0) is 0 Å². The van der Waals surface area contributed by atoms with Crippen LogP contribution in [0.1, 0.15) is 24.4 Å². The van der Waals surface area contributed by atoms with E-state index in [0.717, 1.165) is 5.69 Å². The highest BCUT2D eigenvalue weighted by atomic mass is 35.5. The summed E-state index contributed by atoms with van der Waals surface area (Å²) in [6, 6.07) is 3.54. The van der Waals surface area contributed by atoms with Gasteiger partial charge in [-0.2, -0.15) is 0 Å². The largest absolute Gasteiger partial charge is 0.323 e. The van der Waals surface area contributed by atoms with E-state index in [-0.39, 0.29) is 16.1 Å². The fourth-order valence-electron chi connectivity index (χ4n) is 2.40. The average molecular weight is 338 g/mol. The van der Waals surface area contributed by atoms with E-state index in [1.807, 2.05) is 12.3 Å². The van der Waals surface area contributed by atoms with Crippen LogP contribution in [0.4, 0.5) is 4.39 Å². The lowest BCUT2D eigenvalue weighted by atomic mass is 10.0. The van der Waals surface area contributed by atoms with E-state index in [0.29, 0.717) is 16.2 Å². The highest BCUT2D eigenvalue weighted by molar-refractivity contribution is 7.15. The molecule has 2 heterocycles. The first-order valence-corrected chi connectivity index (χ1v) is 7.87. The summed E-state index contributed by atoms with van der Waals surface area (Å²) < 4.78 is 15.2. The first-order chi connectivity index (χ1) is 10.4. The first-order valence-electron chi connectivity index (χ1n) is 6.61. The second-order valence-electron chi connectivity index (χ2n) is 5.12. The normalized spacial score (nSPS) is 12.8. The van der Waals surface area contributed by atoms with E-state index in [1.165, 1.54) is 27.9 Å². The molecule has 2 N–H and O–H groups in total. The lowest BCUT2D eigenvalue weighted by Gasteiger charge is -2.12. The zero-order valence-electron chi connectivity index (χ0n) is 11.9. The quantitative estimate of drug-likeness (QED) is 0.778. The minimum atomic E-state index is -0.510. The molecule has 114 valence electrons. The van der Waals surface area contributed by atoms with Crippen LogP contribution in [0.25, 0.3) is 16.1 Å². The first kappa shape index (κ1) is 15.1. The molecule has 0 saturated carbocycles. The topological polar surface area (TPSA) is 60.4 Å². The number of halogens is 2. The Morgan fingerprint density at radius 3 is 2.77 bits per heavy atom. The highest BCUT2D eigenvalue weighted by Crippen LogP contribution is 2.28. The van der Waals surface area contributed by atoms with E-state index in [2.05, 4.69) is 4.98 Å². The van der Waals surface area contributed by atoms with Crippen molar-refractivity contribution in [1.82, 2.24) is 9.38 Å². The molecule has 7 heteroatoms. The Labute approximate surface area is 135 Å². The lowest BCUT2D eigenvalue weighted by molar-refractivity contribution is 0.628. The van der Waals surface area contributed by atoms with Gasteiger partial charge in [-0.15, -0.1) is 11.3 Å². The number of rotatable bonds is 2. The summed E-state index contributed by atoms with van der Waals surface area (Å²) in [5, 5.41) is 2.06. The van der Waals surface area contributed by atoms with Gasteiger partial charge in [0.15, 0.2) is 4.96 Å². The van der Waals surface area contributed by atoms with Crippen LogP contribution in [0.2, 0.25) is 5.02 Å². The molecule has 0 spiro atoms. The van der Waals surface area contributed by atoms with Gasteiger partial charge in [0.05, 0.1) is 11.3 Å². The summed E-state index contributed by atoms with van der Waals surface area (Å²) in [4.78, 5) is 17.9. The Bertz CT molecular complexity index is 912. The molecule has 0 radical (unpaired) electrons. The molecule has 0 aliphatic heterocycles. The van der Waals surface area contributed by atoms with Crippen molar-refractivity contribution in [3.63, 3.8) is 0 Å². The van der Waals surface area contributed by atoms with E-state index in [9.17, 15) is 9.18 Å². The van der Waals surface area contributed by atoms with E-state index < -0.39 is 11.9 Å². The number of fused-ring (bicyclic) bond motifs is 1. The molecule has 3 aromatic rings. The average Bonchev–Trinajstić information content (AvgIpc) is 2.79. The molecule has 2 aromatic heterocycles. The number of thiazole rings is 1. The Morgan fingerprint density at radius 2 is 2.14 bits per heavy atom. The van der Waals surface area contributed by atoms with Gasteiger partial charge in [0.2, 0.25) is 0 Å². The molecule has 0 fully saturated rings. The van der Waals surface area contributed by atoms with E-state index in [4.69, 9.17) is 17.3 Å². The van der Waals surface area contributed by atoms with Gasteiger partial charge in [-0.3, -0.25) is 9.20 Å². The molecule has 0 aliphatic rings. The molecule has 4 nitrogen and oxygen atoms in total. The number of hydrogen-bond acceptors (Lipinski definition) is 4. The summed E-state index contributed by atoms with van der Waals surface area (Å²) >= 11 is 7.28. The van der Waals surface area contributed by atoms with Gasteiger partial charge in [-0.25, -0.2) is 9.37 Å². The Balaban J connectivity index is 2.45. The predicted octanol–water partition coefficient (Wildman–Crippen LogP) is 3.54. The van der Waals surface area contributed by atoms with Gasteiger partial charge in [0.25, 0.3) is 5.56 Å². The summed E-state index contributed by atoms with van der Waals surface area (Å²) in [7, 11) is 0. The van der Waals surface area contributed by atoms with Crippen molar-refractivity contribution >= 4 is 27.9 Å². The van der Waals surface area contributed by atoms with Gasteiger partial charge in [0, 0.05) is 22.1 Å². The van der Waals surface area contributed by atoms with E-state index in [1.54, 1.807) is 13.0 Å². The molecule has 0 amide bonds. The molecular weight excluding hydrogens is 325 g/mol. The molecule has 1 unspecified atom stereocenters. The zero-order chi connectivity index (χ0) is 16.0. The predicted molar refractivity (Wildman–Crippen MR) is 87.1 cm³/mol. The summed E-state index contributed by atoms with van der Waals surface area (Å²) in [6.07, 6.45) is 0. The Morgan fingerprint density at radius 1 is 1.41 bits per heavy atom. The summed E-state index contributed by atoms with van der Waals surface area (Å²) in [6.45, 7) is 3.56. The smallest absolute Gasteiger partial charge is 0.266 e. The van der Waals surface area contributed by atoms with Crippen molar-refractivity contribution in [2.45, 2.75) is 19.9 Å². The number of aromatic nitrogens is 2. The molecule has 3 rings (SSSR count). The molecular formula is C15H13ClFN3OS. The van der Waals surface area contributed by atoms with Crippen LogP contribution in [0.5, 0.6) is 0 Å². The fraction of sp³-hybridized carbons (Fsp3) is 0.200. The Hall–Kier alpha value is -1.76. The highest BCUT2D eigenvalue weighted by Gasteiger charge is 2.20. The van der Waals surface area contributed by atoms with Crippen molar-refractivity contribution in [3.05, 3.63) is 56.2 Å². The van der Waals surface area contributed by atoms with Gasteiger partial charge in [-0.05, 0) is 37.6 Å². The maximum Gasteiger partial charge on any atom is 0.266 e. The summed E-state index contributed by atoms with van der Waals surface area (Å²) in [5.74, 6) is -0.510. The van der Waals surface area contributed by atoms with Crippen molar-refractivity contribution < 1.29 is 4.39 Å². The van der Waals surface area contributed by atoms with Crippen LogP contribution >= 0.6 is 22.9 Å². The van der Waals surface area contributed by atoms with Gasteiger partial charge in [0.1, 0.15) is 5.82 Å². The molecule has 0 aliphatic carbocycles. The fourth-order valence-corrected chi connectivity index (χ4v) is 3.48. The van der Waals surface area contributed by atoms with Crippen LogP contribution in [0, 0.1) is 12.7 Å². The number of nitrogens with zero attached hydrogens (tertiary/aromatic N) is 2. The maximum absolute atomic E-state index is 13.7. The third-order valence-corrected chi connectivity index (χ3v) is 4.51. The van der Waals surface area contributed by atoms with Crippen molar-refractivity contribution in [2.24, 2.45) is 5.73 Å². The molecule has 0 saturated heterocycles. The van der Waals surface area contributed by atoms with Crippen LogP contribution in [-0.4, -0.2) is 9.38 Å². The SMILES string of the molecule is Cc1csc2nc(C(C)N)c(-c3cc(F)cc(Cl)c3)c(=O)n12. The van der Waals surface area contributed by atoms with E-state index >= 15 is 0 Å². The standard InChI is InChI=1S/C15H13ClFN3OS/c1-7-6-22-15-19-13(8(2)18)12(14(21)20(7)15)9-3-10(16)5-11(17)4-9/h3-6,8H,18H2,1-2H3. The van der Waals surface area contributed by atoms with Crippen molar-refractivity contribution in [2.75, 3.05) is 0 Å². The van der Waals surface area contributed by atoms with Gasteiger partial charge < -0.3 is 5.73 Å². The van der Waals surface area contributed by atoms with Crippen LogP contribution in [0.3, 0.4) is 0 Å². The number of aryl methyl sites for hydroxylation is 1. The van der Waals surface area contributed by atoms with Gasteiger partial charge in [-0.1, -0.05) is 11.6 Å². The molecule has 0 bridgehead atoms. The van der Waals surface area contributed by atoms with Gasteiger partial charge >= 0.3 is 0 Å². The Kier molecular flexibility index (Phi) is 3.76. The molecule has 1 aromatic carbocycles. The number of nitrogens with two attached hydrogens (primary N) is 1. The molecule has 1 atom stereocenters. The number of benzene rings is 1. The van der Waals surface area contributed by atoms with Crippen LogP contribution < -0.4 is 11.3 Å². The lowest BCUT2D eigenvalue weighted by Crippen LogP contribution is -2.22. The zero-order valence-corrected chi connectivity index (χ0v) is 13.5. The minimum Gasteiger partial charge on any atom is -0.323 e. The second-order valence-corrected chi connectivity index (χ2v) is 6.39. The molecule has 22 heavy (non-hydrogen) atoms.